The summed E-state index contributed by atoms with van der Waals surface area (Å²) in [5, 5.41) is 12.5. The van der Waals surface area contributed by atoms with Crippen LogP contribution in [-0.4, -0.2) is 21.2 Å². The molecule has 1 atom stereocenters. The number of ketones is 1. The molecule has 0 bridgehead atoms. The molecule has 2 aromatic rings. The molecule has 0 unspecified atom stereocenters. The van der Waals surface area contributed by atoms with Crippen molar-refractivity contribution in [1.82, 2.24) is 10.2 Å². The van der Waals surface area contributed by atoms with Gasteiger partial charge in [-0.15, -0.1) is 10.2 Å². The molecule has 0 amide bonds. The minimum Gasteiger partial charge on any atom is -0.356 e. The summed E-state index contributed by atoms with van der Waals surface area (Å²) in [5.74, 6) is 0.361. The number of aromatic nitrogens is 2. The van der Waals surface area contributed by atoms with Gasteiger partial charge in [-0.2, -0.15) is 0 Å². The largest absolute Gasteiger partial charge is 0.356 e. The van der Waals surface area contributed by atoms with Crippen molar-refractivity contribution >= 4 is 34.0 Å². The Kier molecular flexibility index (Phi) is 4.87. The number of carbonyl (C=O) groups is 1. The van der Waals surface area contributed by atoms with Gasteiger partial charge in [-0.25, -0.2) is 0 Å². The molecular formula is C15H17N3OS2. The van der Waals surface area contributed by atoms with Crippen molar-refractivity contribution in [2.45, 2.75) is 41.8 Å². The van der Waals surface area contributed by atoms with Crippen LogP contribution in [0.2, 0.25) is 0 Å². The molecule has 110 valence electrons. The minimum atomic E-state index is 0.0775. The van der Waals surface area contributed by atoms with E-state index in [0.29, 0.717) is 5.78 Å². The molecule has 21 heavy (non-hydrogen) atoms. The highest BCUT2D eigenvalue weighted by atomic mass is 32.2. The Morgan fingerprint density at radius 2 is 2.10 bits per heavy atom. The average Bonchev–Trinajstić information content (AvgIpc) is 2.96. The van der Waals surface area contributed by atoms with E-state index in [1.54, 1.807) is 11.8 Å². The maximum atomic E-state index is 11.8. The van der Waals surface area contributed by atoms with Crippen molar-refractivity contribution in [3.63, 3.8) is 0 Å². The standard InChI is InChI=1S/C15H17N3OS2/c19-12-8-4-5-9-13(12)20-15-18-17-14(21-15)16-10-11-6-2-1-3-7-11/h1-3,6-7,13H,4-5,8-10H2,(H,16,17)/t13-/m1/s1. The Morgan fingerprint density at radius 3 is 2.90 bits per heavy atom. The van der Waals surface area contributed by atoms with Crippen molar-refractivity contribution in [1.29, 1.82) is 0 Å². The number of nitrogens with zero attached hydrogens (tertiary/aromatic N) is 2. The molecule has 1 aliphatic rings. The SMILES string of the molecule is O=C1CCCC[C@H]1Sc1nnc(NCc2ccccc2)s1. The molecule has 1 aromatic carbocycles. The fourth-order valence-electron chi connectivity index (χ4n) is 2.30. The van der Waals surface area contributed by atoms with Gasteiger partial charge in [0.15, 0.2) is 4.34 Å². The van der Waals surface area contributed by atoms with E-state index in [9.17, 15) is 4.79 Å². The van der Waals surface area contributed by atoms with E-state index >= 15 is 0 Å². The molecule has 6 heteroatoms. The Labute approximate surface area is 132 Å². The molecular weight excluding hydrogens is 302 g/mol. The van der Waals surface area contributed by atoms with Crippen LogP contribution in [0.3, 0.4) is 0 Å². The number of anilines is 1. The van der Waals surface area contributed by atoms with Crippen LogP contribution in [0.5, 0.6) is 0 Å². The second kappa shape index (κ2) is 7.04. The van der Waals surface area contributed by atoms with E-state index in [1.165, 1.54) is 16.9 Å². The van der Waals surface area contributed by atoms with Gasteiger partial charge in [0.1, 0.15) is 5.78 Å². The van der Waals surface area contributed by atoms with Crippen LogP contribution in [0.25, 0.3) is 0 Å². The van der Waals surface area contributed by atoms with Gasteiger partial charge in [-0.3, -0.25) is 4.79 Å². The molecule has 3 rings (SSSR count). The van der Waals surface area contributed by atoms with Gasteiger partial charge in [0.25, 0.3) is 0 Å². The zero-order chi connectivity index (χ0) is 14.5. The summed E-state index contributed by atoms with van der Waals surface area (Å²) in [6, 6.07) is 10.2. The molecule has 1 heterocycles. The van der Waals surface area contributed by atoms with Crippen molar-refractivity contribution in [2.24, 2.45) is 0 Å². The lowest BCUT2D eigenvalue weighted by Gasteiger charge is -2.17. The summed E-state index contributed by atoms with van der Waals surface area (Å²) >= 11 is 3.10. The lowest BCUT2D eigenvalue weighted by Crippen LogP contribution is -2.21. The van der Waals surface area contributed by atoms with Crippen molar-refractivity contribution in [2.75, 3.05) is 5.32 Å². The zero-order valence-electron chi connectivity index (χ0n) is 11.6. The molecule has 1 saturated carbocycles. The highest BCUT2D eigenvalue weighted by Gasteiger charge is 2.24. The summed E-state index contributed by atoms with van der Waals surface area (Å²) in [4.78, 5) is 11.8. The second-order valence-corrected chi connectivity index (χ2v) is 7.46. The summed E-state index contributed by atoms with van der Waals surface area (Å²) in [7, 11) is 0. The molecule has 4 nitrogen and oxygen atoms in total. The van der Waals surface area contributed by atoms with E-state index < -0.39 is 0 Å². The summed E-state index contributed by atoms with van der Waals surface area (Å²) in [6.07, 6.45) is 3.86. The number of benzene rings is 1. The van der Waals surface area contributed by atoms with Gasteiger partial charge < -0.3 is 5.32 Å². The Hall–Kier alpha value is -1.40. The van der Waals surface area contributed by atoms with E-state index in [2.05, 4.69) is 27.6 Å². The topological polar surface area (TPSA) is 54.9 Å². The van der Waals surface area contributed by atoms with Crippen molar-refractivity contribution in [3.05, 3.63) is 35.9 Å². The van der Waals surface area contributed by atoms with Gasteiger partial charge in [0, 0.05) is 13.0 Å². The average molecular weight is 319 g/mol. The van der Waals surface area contributed by atoms with Crippen LogP contribution >= 0.6 is 23.1 Å². The Balaban J connectivity index is 1.55. The number of hydrogen-bond donors (Lipinski definition) is 1. The smallest absolute Gasteiger partial charge is 0.206 e. The van der Waals surface area contributed by atoms with Crippen molar-refractivity contribution in [3.8, 4) is 0 Å². The Bertz CT molecular complexity index is 600. The van der Waals surface area contributed by atoms with Gasteiger partial charge >= 0.3 is 0 Å². The first kappa shape index (κ1) is 14.5. The third-order valence-corrected chi connectivity index (χ3v) is 5.72. The van der Waals surface area contributed by atoms with Crippen LogP contribution < -0.4 is 5.32 Å². The fraction of sp³-hybridized carbons (Fsp3) is 0.400. The highest BCUT2D eigenvalue weighted by molar-refractivity contribution is 8.02. The maximum absolute atomic E-state index is 11.8. The third kappa shape index (κ3) is 4.04. The van der Waals surface area contributed by atoms with Gasteiger partial charge in [0.2, 0.25) is 5.13 Å². The van der Waals surface area contributed by atoms with Crippen LogP contribution in [0.4, 0.5) is 5.13 Å². The fourth-order valence-corrected chi connectivity index (χ4v) is 4.42. The van der Waals surface area contributed by atoms with E-state index in [1.807, 2.05) is 18.2 Å². The lowest BCUT2D eigenvalue weighted by atomic mass is 9.99. The first-order valence-corrected chi connectivity index (χ1v) is 8.81. The molecule has 1 fully saturated rings. The number of Topliss-reactive ketones (excluding diaryl/α,β-unsaturated/α-hetero) is 1. The summed E-state index contributed by atoms with van der Waals surface area (Å²) in [5.41, 5.74) is 1.21. The van der Waals surface area contributed by atoms with E-state index in [0.717, 1.165) is 41.7 Å². The van der Waals surface area contributed by atoms with Crippen molar-refractivity contribution < 1.29 is 4.79 Å². The normalized spacial score (nSPS) is 18.7. The molecule has 0 aliphatic heterocycles. The van der Waals surface area contributed by atoms with E-state index in [4.69, 9.17) is 0 Å². The summed E-state index contributed by atoms with van der Waals surface area (Å²) in [6.45, 7) is 0.739. The molecule has 0 spiro atoms. The monoisotopic (exact) mass is 319 g/mol. The van der Waals surface area contributed by atoms with Crippen LogP contribution in [-0.2, 0) is 11.3 Å². The first-order chi connectivity index (χ1) is 10.3. The quantitative estimate of drug-likeness (QED) is 0.909. The minimum absolute atomic E-state index is 0.0775. The highest BCUT2D eigenvalue weighted by Crippen LogP contribution is 2.34. The van der Waals surface area contributed by atoms with Gasteiger partial charge in [0.05, 0.1) is 5.25 Å². The Morgan fingerprint density at radius 1 is 1.24 bits per heavy atom. The van der Waals surface area contributed by atoms with E-state index in [-0.39, 0.29) is 5.25 Å². The maximum Gasteiger partial charge on any atom is 0.206 e. The molecule has 0 radical (unpaired) electrons. The molecule has 0 saturated heterocycles. The van der Waals surface area contributed by atoms with Crippen LogP contribution in [0, 0.1) is 0 Å². The molecule has 1 aliphatic carbocycles. The second-order valence-electron chi connectivity index (χ2n) is 5.03. The van der Waals surface area contributed by atoms with Crippen LogP contribution in [0.1, 0.15) is 31.2 Å². The predicted molar refractivity (Wildman–Crippen MR) is 86.8 cm³/mol. The van der Waals surface area contributed by atoms with Gasteiger partial charge in [-0.1, -0.05) is 59.9 Å². The van der Waals surface area contributed by atoms with Gasteiger partial charge in [-0.05, 0) is 18.4 Å². The first-order valence-electron chi connectivity index (χ1n) is 7.12. The number of carbonyl (C=O) groups excluding carboxylic acids is 1. The van der Waals surface area contributed by atoms with Crippen LogP contribution in [0.15, 0.2) is 34.7 Å². The number of nitrogens with one attached hydrogen (secondary N) is 1. The zero-order valence-corrected chi connectivity index (χ0v) is 13.3. The lowest BCUT2D eigenvalue weighted by molar-refractivity contribution is -0.119. The molecule has 1 N–H and O–H groups in total. The summed E-state index contributed by atoms with van der Waals surface area (Å²) < 4.78 is 0.880. The third-order valence-electron chi connectivity index (χ3n) is 3.43. The number of rotatable bonds is 5. The number of thioether (sulfide) groups is 1. The molecule has 1 aromatic heterocycles. The predicted octanol–water partition coefficient (Wildman–Crippen LogP) is 3.75. The number of hydrogen-bond acceptors (Lipinski definition) is 6.